The van der Waals surface area contributed by atoms with Gasteiger partial charge in [-0.1, -0.05) is 23.9 Å². The van der Waals surface area contributed by atoms with Crippen molar-refractivity contribution in [1.82, 2.24) is 4.98 Å². The first-order valence-corrected chi connectivity index (χ1v) is 9.69. The number of anilines is 1. The molecule has 136 valence electrons. The summed E-state index contributed by atoms with van der Waals surface area (Å²) < 4.78 is 5.46. The van der Waals surface area contributed by atoms with Crippen molar-refractivity contribution >= 4 is 28.5 Å². The fourth-order valence-corrected chi connectivity index (χ4v) is 4.35. The van der Waals surface area contributed by atoms with Crippen LogP contribution in [-0.2, 0) is 10.2 Å². The van der Waals surface area contributed by atoms with E-state index in [-0.39, 0.29) is 0 Å². The summed E-state index contributed by atoms with van der Waals surface area (Å²) in [5, 5.41) is 10.9. The van der Waals surface area contributed by atoms with Crippen molar-refractivity contribution in [2.45, 2.75) is 28.0 Å². The van der Waals surface area contributed by atoms with Crippen LogP contribution in [0.4, 0.5) is 5.82 Å². The highest BCUT2D eigenvalue weighted by Gasteiger charge is 2.34. The topological polar surface area (TPSA) is 84.0 Å². The first-order chi connectivity index (χ1) is 13.2. The summed E-state index contributed by atoms with van der Waals surface area (Å²) in [7, 11) is 0. The number of nitrogens with two attached hydrogens (primary N) is 1. The summed E-state index contributed by atoms with van der Waals surface area (Å²) in [4.78, 5) is 6.70. The van der Waals surface area contributed by atoms with E-state index in [2.05, 4.69) is 46.8 Å². The lowest BCUT2D eigenvalue weighted by Gasteiger charge is -2.31. The van der Waals surface area contributed by atoms with Gasteiger partial charge in [0.25, 0.3) is 0 Å². The third kappa shape index (κ3) is 3.62. The van der Waals surface area contributed by atoms with Crippen molar-refractivity contribution in [3.63, 3.8) is 0 Å². The van der Waals surface area contributed by atoms with E-state index in [4.69, 9.17) is 10.6 Å². The van der Waals surface area contributed by atoms with Crippen LogP contribution in [0.25, 0.3) is 10.9 Å². The third-order valence-electron chi connectivity index (χ3n) is 4.99. The van der Waals surface area contributed by atoms with Gasteiger partial charge in [0.2, 0.25) is 0 Å². The van der Waals surface area contributed by atoms with E-state index in [1.807, 2.05) is 24.3 Å². The number of hydrogen-bond acceptors (Lipinski definition) is 6. The summed E-state index contributed by atoms with van der Waals surface area (Å²) in [5.41, 5.74) is 4.11. The van der Waals surface area contributed by atoms with Crippen LogP contribution in [0.5, 0.6) is 0 Å². The van der Waals surface area contributed by atoms with E-state index < -0.39 is 5.41 Å². The second-order valence-electron chi connectivity index (χ2n) is 6.63. The minimum Gasteiger partial charge on any atom is -0.381 e. The highest BCUT2D eigenvalue weighted by atomic mass is 32.2. The monoisotopic (exact) mass is 376 g/mol. The number of hydrazine groups is 1. The van der Waals surface area contributed by atoms with Crippen molar-refractivity contribution < 1.29 is 4.74 Å². The molecule has 0 saturated carbocycles. The molecule has 2 aromatic carbocycles. The molecule has 0 aliphatic carbocycles. The smallest absolute Gasteiger partial charge is 0.140 e. The van der Waals surface area contributed by atoms with E-state index in [0.29, 0.717) is 19.0 Å². The van der Waals surface area contributed by atoms with Crippen LogP contribution in [0, 0.1) is 11.3 Å². The van der Waals surface area contributed by atoms with Crippen LogP contribution >= 0.6 is 11.8 Å². The Morgan fingerprint density at radius 3 is 2.67 bits per heavy atom. The zero-order chi connectivity index (χ0) is 18.7. The number of ether oxygens (including phenoxy) is 1. The maximum Gasteiger partial charge on any atom is 0.140 e. The van der Waals surface area contributed by atoms with Gasteiger partial charge in [0.05, 0.1) is 17.0 Å². The van der Waals surface area contributed by atoms with Crippen LogP contribution in [0.1, 0.15) is 18.4 Å². The molecular formula is C21H20N4OS. The molecule has 1 aliphatic heterocycles. The normalized spacial score (nSPS) is 16.0. The minimum absolute atomic E-state index is 0.437. The largest absolute Gasteiger partial charge is 0.381 e. The molecule has 0 amide bonds. The molecule has 0 unspecified atom stereocenters. The van der Waals surface area contributed by atoms with Crippen LogP contribution < -0.4 is 11.3 Å². The average Bonchev–Trinajstić information content (AvgIpc) is 2.74. The van der Waals surface area contributed by atoms with E-state index in [0.717, 1.165) is 39.1 Å². The Morgan fingerprint density at radius 2 is 1.89 bits per heavy atom. The molecule has 1 aromatic heterocycles. The summed E-state index contributed by atoms with van der Waals surface area (Å²) in [5.74, 6) is 6.07. The maximum atomic E-state index is 9.80. The van der Waals surface area contributed by atoms with Crippen molar-refractivity contribution in [2.75, 3.05) is 18.6 Å². The summed E-state index contributed by atoms with van der Waals surface area (Å²) in [6.45, 7) is 1.28. The summed E-state index contributed by atoms with van der Waals surface area (Å²) in [6, 6.07) is 20.9. The Kier molecular flexibility index (Phi) is 4.99. The van der Waals surface area contributed by atoms with Gasteiger partial charge in [-0.3, -0.25) is 0 Å². The van der Waals surface area contributed by atoms with Gasteiger partial charge in [-0.25, -0.2) is 10.8 Å². The van der Waals surface area contributed by atoms with Crippen LogP contribution in [0.2, 0.25) is 0 Å². The molecule has 1 aliphatic rings. The minimum atomic E-state index is -0.437. The van der Waals surface area contributed by atoms with Gasteiger partial charge in [-0.2, -0.15) is 5.26 Å². The van der Waals surface area contributed by atoms with Gasteiger partial charge >= 0.3 is 0 Å². The number of rotatable bonds is 4. The highest BCUT2D eigenvalue weighted by molar-refractivity contribution is 7.99. The molecule has 0 spiro atoms. The number of nitrogens with one attached hydrogen (secondary N) is 1. The number of benzene rings is 2. The molecule has 27 heavy (non-hydrogen) atoms. The lowest BCUT2D eigenvalue weighted by molar-refractivity contribution is 0.0675. The van der Waals surface area contributed by atoms with Crippen LogP contribution in [0.3, 0.4) is 0 Å². The zero-order valence-corrected chi connectivity index (χ0v) is 15.6. The lowest BCUT2D eigenvalue weighted by Crippen LogP contribution is -2.32. The number of nitrogen functional groups attached to an aromatic ring is 1. The SMILES string of the molecule is N#CC1(c2cccc(Sc3ccc4nc(NN)ccc4c3)c2)CCOCC1. The second-order valence-corrected chi connectivity index (χ2v) is 7.78. The van der Waals surface area contributed by atoms with Crippen molar-refractivity contribution in [3.8, 4) is 6.07 Å². The van der Waals surface area contributed by atoms with Gasteiger partial charge in [0.1, 0.15) is 5.82 Å². The molecule has 5 nitrogen and oxygen atoms in total. The second kappa shape index (κ2) is 7.57. The predicted octanol–water partition coefficient (Wildman–Crippen LogP) is 4.24. The van der Waals surface area contributed by atoms with E-state index in [1.54, 1.807) is 11.8 Å². The Bertz CT molecular complexity index is 1010. The first kappa shape index (κ1) is 17.8. The lowest BCUT2D eigenvalue weighted by atomic mass is 9.75. The van der Waals surface area contributed by atoms with Crippen molar-refractivity contribution in [1.29, 1.82) is 5.26 Å². The molecule has 0 atom stereocenters. The fourth-order valence-electron chi connectivity index (χ4n) is 3.43. The Morgan fingerprint density at radius 1 is 1.07 bits per heavy atom. The van der Waals surface area contributed by atoms with Crippen LogP contribution in [-0.4, -0.2) is 18.2 Å². The zero-order valence-electron chi connectivity index (χ0n) is 14.8. The van der Waals surface area contributed by atoms with Crippen LogP contribution in [0.15, 0.2) is 64.4 Å². The standard InChI is InChI=1S/C21H20N4OS/c22-14-21(8-10-26-11-9-21)16-2-1-3-17(13-16)27-18-5-6-19-15(12-18)4-7-20(24-19)25-23/h1-7,12-13H,8-11,23H2,(H,24,25). The number of nitriles is 1. The van der Waals surface area contributed by atoms with Gasteiger partial charge < -0.3 is 10.2 Å². The summed E-state index contributed by atoms with van der Waals surface area (Å²) in [6.07, 6.45) is 1.49. The van der Waals surface area contributed by atoms with Gasteiger partial charge in [-0.05, 0) is 60.9 Å². The van der Waals surface area contributed by atoms with Gasteiger partial charge in [-0.15, -0.1) is 0 Å². The van der Waals surface area contributed by atoms with Crippen molar-refractivity contribution in [3.05, 3.63) is 60.2 Å². The molecule has 4 rings (SSSR count). The number of aromatic nitrogens is 1. The molecule has 3 aromatic rings. The average molecular weight is 376 g/mol. The highest BCUT2D eigenvalue weighted by Crippen LogP contribution is 2.37. The summed E-state index contributed by atoms with van der Waals surface area (Å²) >= 11 is 1.69. The number of hydrogen-bond donors (Lipinski definition) is 2. The Labute approximate surface area is 162 Å². The van der Waals surface area contributed by atoms with Gasteiger partial charge in [0, 0.05) is 28.4 Å². The van der Waals surface area contributed by atoms with E-state index in [1.165, 1.54) is 0 Å². The molecule has 2 heterocycles. The number of nitrogens with zero attached hydrogens (tertiary/aromatic N) is 2. The maximum absolute atomic E-state index is 9.80. The molecule has 6 heteroatoms. The van der Waals surface area contributed by atoms with E-state index in [9.17, 15) is 5.26 Å². The molecular weight excluding hydrogens is 356 g/mol. The molecule has 1 saturated heterocycles. The fraction of sp³-hybridized carbons (Fsp3) is 0.238. The molecule has 3 N–H and O–H groups in total. The molecule has 1 fully saturated rings. The Hall–Kier alpha value is -2.59. The van der Waals surface area contributed by atoms with Crippen molar-refractivity contribution in [2.24, 2.45) is 5.84 Å². The predicted molar refractivity (Wildman–Crippen MR) is 107 cm³/mol. The van der Waals surface area contributed by atoms with E-state index >= 15 is 0 Å². The quantitative estimate of drug-likeness (QED) is 0.523. The number of pyridine rings is 1. The number of fused-ring (bicyclic) bond motifs is 1. The first-order valence-electron chi connectivity index (χ1n) is 8.87. The molecule has 0 radical (unpaired) electrons. The Balaban J connectivity index is 1.61. The molecule has 0 bridgehead atoms. The third-order valence-corrected chi connectivity index (χ3v) is 5.97. The van der Waals surface area contributed by atoms with Gasteiger partial charge in [0.15, 0.2) is 0 Å².